The summed E-state index contributed by atoms with van der Waals surface area (Å²) in [6, 6.07) is 0. The molecule has 0 saturated carbocycles. The summed E-state index contributed by atoms with van der Waals surface area (Å²) in [6.45, 7) is 11.1. The van der Waals surface area contributed by atoms with Gasteiger partial charge in [-0.15, -0.1) is 0 Å². The average Bonchev–Trinajstić information content (AvgIpc) is 2.98. The van der Waals surface area contributed by atoms with Crippen molar-refractivity contribution in [2.24, 2.45) is 0 Å². The van der Waals surface area contributed by atoms with Gasteiger partial charge in [0.05, 0.1) is 51.8 Å². The first-order valence-electron chi connectivity index (χ1n) is 14.4. The largest absolute Gasteiger partial charge is 0.481 e. The molecule has 0 spiro atoms. The Bertz CT molecular complexity index is 1170. The lowest BCUT2D eigenvalue weighted by Crippen LogP contribution is -2.37. The molecule has 10 heteroatoms. The maximum atomic E-state index is 14.6. The second-order valence-corrected chi connectivity index (χ2v) is 10.5. The van der Waals surface area contributed by atoms with Crippen LogP contribution in [0.5, 0.6) is 11.8 Å². The van der Waals surface area contributed by atoms with E-state index >= 15 is 0 Å². The Labute approximate surface area is 236 Å². The summed E-state index contributed by atoms with van der Waals surface area (Å²) in [5, 5.41) is 0. The number of methoxy groups -OCH3 is 2. The fourth-order valence-corrected chi connectivity index (χ4v) is 6.03. The Morgan fingerprint density at radius 2 is 1.05 bits per heavy atom. The van der Waals surface area contributed by atoms with E-state index in [1.54, 1.807) is 14.2 Å². The van der Waals surface area contributed by atoms with Gasteiger partial charge in [-0.25, -0.2) is 9.97 Å². The summed E-state index contributed by atoms with van der Waals surface area (Å²) >= 11 is 0. The molecule has 2 aromatic heterocycles. The maximum absolute atomic E-state index is 14.6. The van der Waals surface area contributed by atoms with Crippen LogP contribution < -0.4 is 9.47 Å². The molecule has 0 aromatic carbocycles. The fraction of sp³-hybridized carbons (Fsp3) is 0.600. The predicted molar refractivity (Wildman–Crippen MR) is 149 cm³/mol. The van der Waals surface area contributed by atoms with Crippen LogP contribution in [-0.4, -0.2) is 98.2 Å². The number of rotatable bonds is 10. The number of pyridine rings is 2. The number of carbonyl (C=O) groups excluding carboxylic acids is 2. The Morgan fingerprint density at radius 3 is 1.40 bits per heavy atom. The highest BCUT2D eigenvalue weighted by Gasteiger charge is 2.40. The Morgan fingerprint density at radius 1 is 0.650 bits per heavy atom. The average molecular weight is 553 g/mol. The van der Waals surface area contributed by atoms with Crippen LogP contribution in [0.25, 0.3) is 0 Å². The van der Waals surface area contributed by atoms with Crippen LogP contribution in [0.15, 0.2) is 0 Å². The van der Waals surface area contributed by atoms with Crippen LogP contribution in [0.3, 0.4) is 0 Å². The number of morpholine rings is 2. The summed E-state index contributed by atoms with van der Waals surface area (Å²) in [4.78, 5) is 42.5. The molecule has 3 aliphatic rings. The van der Waals surface area contributed by atoms with Crippen LogP contribution in [-0.2, 0) is 35.4 Å². The highest BCUT2D eigenvalue weighted by Crippen LogP contribution is 2.39. The molecule has 2 aromatic rings. The van der Waals surface area contributed by atoms with E-state index in [9.17, 15) is 9.59 Å². The zero-order chi connectivity index (χ0) is 28.2. The standard InChI is InChI=1S/C30H40N4O6/c1-5-7-19-21(17-33-9-13-39-14-10-33)29(37-3)31-25-23(19)27(35)24-20(8-6-2)22(18-34-11-15-40-16-12-34)30(38-4)32-26(24)28(25)36/h5-18H2,1-4H3. The summed E-state index contributed by atoms with van der Waals surface area (Å²) in [5.41, 5.74) is 4.53. The number of aromatic nitrogens is 2. The van der Waals surface area contributed by atoms with Crippen molar-refractivity contribution in [3.05, 3.63) is 44.8 Å². The Kier molecular flexibility index (Phi) is 9.10. The summed E-state index contributed by atoms with van der Waals surface area (Å²) < 4.78 is 22.5. The Hall–Kier alpha value is -2.92. The monoisotopic (exact) mass is 552 g/mol. The quantitative estimate of drug-likeness (QED) is 0.373. The van der Waals surface area contributed by atoms with Crippen molar-refractivity contribution >= 4 is 11.6 Å². The summed E-state index contributed by atoms with van der Waals surface area (Å²) in [7, 11) is 3.13. The Balaban J connectivity index is 1.68. The van der Waals surface area contributed by atoms with Crippen LogP contribution in [0, 0.1) is 0 Å². The topological polar surface area (TPSA) is 103 Å². The van der Waals surface area contributed by atoms with Crippen LogP contribution in [0.2, 0.25) is 0 Å². The molecule has 4 heterocycles. The van der Waals surface area contributed by atoms with E-state index in [0.29, 0.717) is 75.2 Å². The first-order chi connectivity index (χ1) is 19.5. The minimum absolute atomic E-state index is 0.126. The van der Waals surface area contributed by atoms with Gasteiger partial charge in [-0.1, -0.05) is 26.7 Å². The van der Waals surface area contributed by atoms with Gasteiger partial charge in [-0.2, -0.15) is 0 Å². The van der Waals surface area contributed by atoms with E-state index in [1.165, 1.54) is 0 Å². The fourth-order valence-electron chi connectivity index (χ4n) is 6.03. The molecule has 2 aliphatic heterocycles. The number of ether oxygens (including phenoxy) is 4. The number of hydrogen-bond acceptors (Lipinski definition) is 10. The molecule has 1 aliphatic carbocycles. The van der Waals surface area contributed by atoms with E-state index in [4.69, 9.17) is 18.9 Å². The van der Waals surface area contributed by atoms with Crippen molar-refractivity contribution in [2.45, 2.75) is 52.6 Å². The highest BCUT2D eigenvalue weighted by atomic mass is 16.5. The van der Waals surface area contributed by atoms with Gasteiger partial charge < -0.3 is 18.9 Å². The first kappa shape index (κ1) is 28.6. The molecule has 40 heavy (non-hydrogen) atoms. The molecule has 0 amide bonds. The van der Waals surface area contributed by atoms with E-state index in [2.05, 4.69) is 33.6 Å². The lowest BCUT2D eigenvalue weighted by Gasteiger charge is -2.31. The lowest BCUT2D eigenvalue weighted by atomic mass is 9.80. The number of carbonyl (C=O) groups is 2. The van der Waals surface area contributed by atoms with Gasteiger partial charge >= 0.3 is 0 Å². The van der Waals surface area contributed by atoms with Crippen molar-refractivity contribution in [1.82, 2.24) is 19.8 Å². The minimum atomic E-state index is -0.355. The van der Waals surface area contributed by atoms with Gasteiger partial charge in [0.2, 0.25) is 17.5 Å². The second-order valence-electron chi connectivity index (χ2n) is 10.5. The van der Waals surface area contributed by atoms with E-state index in [0.717, 1.165) is 61.3 Å². The number of nitrogens with zero attached hydrogens (tertiary/aromatic N) is 4. The van der Waals surface area contributed by atoms with Gasteiger partial charge in [0.1, 0.15) is 11.4 Å². The number of hydrogen-bond donors (Lipinski definition) is 0. The van der Waals surface area contributed by atoms with Gasteiger partial charge in [0.25, 0.3) is 0 Å². The molecule has 216 valence electrons. The summed E-state index contributed by atoms with van der Waals surface area (Å²) in [6.07, 6.45) is 2.91. The van der Waals surface area contributed by atoms with E-state index in [1.807, 2.05) is 0 Å². The molecule has 0 unspecified atom stereocenters. The third-order valence-corrected chi connectivity index (χ3v) is 7.99. The van der Waals surface area contributed by atoms with Gasteiger partial charge in [-0.05, 0) is 24.0 Å². The van der Waals surface area contributed by atoms with E-state index < -0.39 is 0 Å². The number of ketones is 2. The second kappa shape index (κ2) is 12.7. The highest BCUT2D eigenvalue weighted by molar-refractivity contribution is 6.28. The maximum Gasteiger partial charge on any atom is 0.231 e. The van der Waals surface area contributed by atoms with Crippen molar-refractivity contribution < 1.29 is 28.5 Å². The van der Waals surface area contributed by atoms with Crippen LogP contribution in [0.1, 0.15) is 81.0 Å². The molecule has 5 rings (SSSR count). The molecule has 0 N–H and O–H groups in total. The smallest absolute Gasteiger partial charge is 0.231 e. The van der Waals surface area contributed by atoms with Crippen molar-refractivity contribution in [1.29, 1.82) is 0 Å². The molecular weight excluding hydrogens is 512 g/mol. The molecular formula is C30H40N4O6. The normalized spacial score (nSPS) is 18.0. The zero-order valence-corrected chi connectivity index (χ0v) is 24.1. The first-order valence-corrected chi connectivity index (χ1v) is 14.4. The SMILES string of the molecule is CCCc1c(CN2CCOCC2)c(OC)nc2c1C(=O)c1c(nc(OC)c(CN3CCOCC3)c1CCC)C2=O. The van der Waals surface area contributed by atoms with Gasteiger partial charge in [0, 0.05) is 50.4 Å². The minimum Gasteiger partial charge on any atom is -0.481 e. The molecule has 2 saturated heterocycles. The van der Waals surface area contributed by atoms with Crippen molar-refractivity contribution in [3.63, 3.8) is 0 Å². The van der Waals surface area contributed by atoms with Crippen LogP contribution >= 0.6 is 0 Å². The van der Waals surface area contributed by atoms with E-state index in [-0.39, 0.29) is 23.0 Å². The lowest BCUT2D eigenvalue weighted by molar-refractivity contribution is 0.0336. The zero-order valence-electron chi connectivity index (χ0n) is 24.1. The van der Waals surface area contributed by atoms with Crippen molar-refractivity contribution in [3.8, 4) is 11.8 Å². The molecule has 0 bridgehead atoms. The van der Waals surface area contributed by atoms with Crippen LogP contribution in [0.4, 0.5) is 0 Å². The van der Waals surface area contributed by atoms with Crippen molar-refractivity contribution in [2.75, 3.05) is 66.8 Å². The number of fused-ring (bicyclic) bond motifs is 2. The molecule has 2 fully saturated rings. The molecule has 0 radical (unpaired) electrons. The third-order valence-electron chi connectivity index (χ3n) is 7.99. The molecule has 0 atom stereocenters. The van der Waals surface area contributed by atoms with Gasteiger partial charge in [-0.3, -0.25) is 19.4 Å². The van der Waals surface area contributed by atoms with Gasteiger partial charge in [0.15, 0.2) is 5.78 Å². The predicted octanol–water partition coefficient (Wildman–Crippen LogP) is 2.84. The molecule has 10 nitrogen and oxygen atoms in total. The third kappa shape index (κ3) is 5.37. The summed E-state index contributed by atoms with van der Waals surface area (Å²) in [5.74, 6) is 0.256.